The second-order valence-corrected chi connectivity index (χ2v) is 6.53. The Balaban J connectivity index is 2.05. The highest BCUT2D eigenvalue weighted by atomic mass is 32.2. The molecule has 0 spiro atoms. The number of aromatic nitrogens is 1. The van der Waals surface area contributed by atoms with Gasteiger partial charge in [0.15, 0.2) is 11.6 Å². The maximum atomic E-state index is 13.4. The van der Waals surface area contributed by atoms with E-state index in [-0.39, 0.29) is 4.90 Å². The molecule has 0 unspecified atom stereocenters. The van der Waals surface area contributed by atoms with Crippen LogP contribution in [0.15, 0.2) is 59.6 Å². The summed E-state index contributed by atoms with van der Waals surface area (Å²) < 4.78 is 49.1. The van der Waals surface area contributed by atoms with Gasteiger partial charge in [-0.15, -0.1) is 0 Å². The van der Waals surface area contributed by atoms with Crippen LogP contribution in [0.2, 0.25) is 0 Å². The van der Waals surface area contributed by atoms with E-state index in [9.17, 15) is 17.2 Å². The predicted octanol–water partition coefficient (Wildman–Crippen LogP) is 3.27. The van der Waals surface area contributed by atoms with Gasteiger partial charge in [0.05, 0.1) is 10.6 Å². The molecule has 1 aromatic heterocycles. The van der Waals surface area contributed by atoms with Gasteiger partial charge in [-0.3, -0.25) is 0 Å². The van der Waals surface area contributed by atoms with Crippen molar-refractivity contribution in [3.8, 4) is 22.4 Å². The monoisotopic (exact) mass is 334 g/mol. The molecular weight excluding hydrogens is 322 g/mol. The van der Waals surface area contributed by atoms with Crippen LogP contribution >= 0.6 is 0 Å². The first-order valence-electron chi connectivity index (χ1n) is 6.62. The van der Waals surface area contributed by atoms with Crippen LogP contribution in [0.25, 0.3) is 22.4 Å². The van der Waals surface area contributed by atoms with Crippen molar-refractivity contribution in [1.29, 1.82) is 0 Å². The number of H-pyrrole nitrogens is 1. The van der Waals surface area contributed by atoms with E-state index in [1.54, 1.807) is 24.4 Å². The smallest absolute Gasteiger partial charge is 0.238 e. The first kappa shape index (κ1) is 15.4. The molecule has 3 rings (SSSR count). The first-order valence-corrected chi connectivity index (χ1v) is 8.17. The third kappa shape index (κ3) is 3.01. The minimum absolute atomic E-state index is 0.00202. The summed E-state index contributed by atoms with van der Waals surface area (Å²) in [6.45, 7) is 0. The molecular formula is C16H12F2N2O2S. The molecule has 0 aliphatic carbocycles. The lowest BCUT2D eigenvalue weighted by Gasteiger charge is -2.06. The van der Waals surface area contributed by atoms with Crippen molar-refractivity contribution in [3.63, 3.8) is 0 Å². The molecule has 7 heteroatoms. The summed E-state index contributed by atoms with van der Waals surface area (Å²) in [7, 11) is -3.76. The zero-order valence-corrected chi connectivity index (χ0v) is 12.6. The summed E-state index contributed by atoms with van der Waals surface area (Å²) in [5, 5.41) is 5.06. The largest absolute Gasteiger partial charge is 0.361 e. The molecule has 0 aliphatic heterocycles. The minimum atomic E-state index is -3.76. The molecule has 3 aromatic rings. The Kier molecular flexibility index (Phi) is 3.75. The third-order valence-corrected chi connectivity index (χ3v) is 4.38. The fraction of sp³-hybridized carbons (Fsp3) is 0. The maximum absolute atomic E-state index is 13.4. The molecule has 1 heterocycles. The Hall–Kier alpha value is -2.51. The van der Waals surface area contributed by atoms with Crippen molar-refractivity contribution >= 4 is 10.0 Å². The number of rotatable bonds is 3. The zero-order chi connectivity index (χ0) is 16.6. The van der Waals surface area contributed by atoms with Crippen molar-refractivity contribution in [2.75, 3.05) is 0 Å². The second kappa shape index (κ2) is 5.60. The standard InChI is InChI=1S/C16H12F2N2O2S/c17-14-6-3-11(9-15(14)18)13-7-8-20-16(13)10-1-4-12(5-2-10)23(19,21)22/h1-9,20H,(H2,19,21,22). The number of primary sulfonamides is 1. The molecule has 2 aromatic carbocycles. The van der Waals surface area contributed by atoms with E-state index in [2.05, 4.69) is 4.98 Å². The molecule has 0 bridgehead atoms. The maximum Gasteiger partial charge on any atom is 0.238 e. The lowest BCUT2D eigenvalue weighted by atomic mass is 10.0. The zero-order valence-electron chi connectivity index (χ0n) is 11.8. The van der Waals surface area contributed by atoms with E-state index in [1.165, 1.54) is 18.2 Å². The van der Waals surface area contributed by atoms with Gasteiger partial charge in [-0.2, -0.15) is 0 Å². The van der Waals surface area contributed by atoms with Crippen LogP contribution in [0.3, 0.4) is 0 Å². The Morgan fingerprint density at radius 1 is 0.870 bits per heavy atom. The van der Waals surface area contributed by atoms with Gasteiger partial charge in [0, 0.05) is 11.8 Å². The highest BCUT2D eigenvalue weighted by molar-refractivity contribution is 7.89. The summed E-state index contributed by atoms with van der Waals surface area (Å²) in [4.78, 5) is 3.02. The summed E-state index contributed by atoms with van der Waals surface area (Å²) >= 11 is 0. The van der Waals surface area contributed by atoms with Crippen LogP contribution in [0.4, 0.5) is 8.78 Å². The molecule has 0 atom stereocenters. The highest BCUT2D eigenvalue weighted by Crippen LogP contribution is 2.32. The molecule has 0 amide bonds. The number of hydrogen-bond donors (Lipinski definition) is 2. The number of nitrogens with two attached hydrogens (primary N) is 1. The number of aromatic amines is 1. The summed E-state index contributed by atoms with van der Waals surface area (Å²) in [6.07, 6.45) is 1.67. The van der Waals surface area contributed by atoms with E-state index >= 15 is 0 Å². The van der Waals surface area contributed by atoms with Gasteiger partial charge in [0.2, 0.25) is 10.0 Å². The van der Waals surface area contributed by atoms with E-state index < -0.39 is 21.7 Å². The fourth-order valence-electron chi connectivity index (χ4n) is 2.32. The Morgan fingerprint density at radius 3 is 2.13 bits per heavy atom. The topological polar surface area (TPSA) is 76.0 Å². The Labute approximate surface area is 131 Å². The van der Waals surface area contributed by atoms with Crippen LogP contribution in [0.5, 0.6) is 0 Å². The van der Waals surface area contributed by atoms with Gasteiger partial charge in [-0.05, 0) is 41.5 Å². The van der Waals surface area contributed by atoms with Gasteiger partial charge in [0.25, 0.3) is 0 Å². The van der Waals surface area contributed by atoms with Crippen molar-refractivity contribution in [2.24, 2.45) is 5.14 Å². The van der Waals surface area contributed by atoms with Crippen LogP contribution in [-0.4, -0.2) is 13.4 Å². The predicted molar refractivity (Wildman–Crippen MR) is 83.0 cm³/mol. The van der Waals surface area contributed by atoms with Crippen molar-refractivity contribution in [3.05, 3.63) is 66.4 Å². The summed E-state index contributed by atoms with van der Waals surface area (Å²) in [5.41, 5.74) is 2.54. The lowest BCUT2D eigenvalue weighted by Crippen LogP contribution is -2.11. The lowest BCUT2D eigenvalue weighted by molar-refractivity contribution is 0.509. The third-order valence-electron chi connectivity index (χ3n) is 3.45. The molecule has 0 saturated carbocycles. The van der Waals surface area contributed by atoms with Gasteiger partial charge < -0.3 is 4.98 Å². The average Bonchev–Trinajstić information content (AvgIpc) is 2.99. The number of hydrogen-bond acceptors (Lipinski definition) is 2. The molecule has 0 fully saturated rings. The van der Waals surface area contributed by atoms with Gasteiger partial charge >= 0.3 is 0 Å². The number of benzene rings is 2. The molecule has 0 saturated heterocycles. The van der Waals surface area contributed by atoms with Gasteiger partial charge in [0.1, 0.15) is 0 Å². The minimum Gasteiger partial charge on any atom is -0.361 e. The average molecular weight is 334 g/mol. The highest BCUT2D eigenvalue weighted by Gasteiger charge is 2.13. The number of halogens is 2. The second-order valence-electron chi connectivity index (χ2n) is 4.96. The first-order chi connectivity index (χ1) is 10.9. The molecule has 3 N–H and O–H groups in total. The molecule has 23 heavy (non-hydrogen) atoms. The van der Waals surface area contributed by atoms with E-state index in [0.717, 1.165) is 12.1 Å². The van der Waals surface area contributed by atoms with Crippen LogP contribution in [-0.2, 0) is 10.0 Å². The van der Waals surface area contributed by atoms with Crippen LogP contribution in [0.1, 0.15) is 0 Å². The Bertz CT molecular complexity index is 964. The van der Waals surface area contributed by atoms with E-state index in [4.69, 9.17) is 5.14 Å². The van der Waals surface area contributed by atoms with Crippen LogP contribution < -0.4 is 5.14 Å². The van der Waals surface area contributed by atoms with Crippen molar-refractivity contribution < 1.29 is 17.2 Å². The van der Waals surface area contributed by atoms with Gasteiger partial charge in [-0.1, -0.05) is 18.2 Å². The molecule has 0 radical (unpaired) electrons. The van der Waals surface area contributed by atoms with Gasteiger partial charge in [-0.25, -0.2) is 22.3 Å². The van der Waals surface area contributed by atoms with E-state index in [0.29, 0.717) is 22.4 Å². The van der Waals surface area contributed by atoms with Crippen molar-refractivity contribution in [1.82, 2.24) is 4.98 Å². The molecule has 0 aliphatic rings. The van der Waals surface area contributed by atoms with E-state index in [1.807, 2.05) is 0 Å². The summed E-state index contributed by atoms with van der Waals surface area (Å²) in [6, 6.07) is 11.3. The molecule has 4 nitrogen and oxygen atoms in total. The number of sulfonamides is 1. The molecule has 118 valence electrons. The quantitative estimate of drug-likeness (QED) is 0.771. The SMILES string of the molecule is NS(=O)(=O)c1ccc(-c2[nH]ccc2-c2ccc(F)c(F)c2)cc1. The fourth-order valence-corrected chi connectivity index (χ4v) is 2.84. The van der Waals surface area contributed by atoms with Crippen LogP contribution in [0, 0.1) is 11.6 Å². The van der Waals surface area contributed by atoms with Crippen molar-refractivity contribution in [2.45, 2.75) is 4.90 Å². The Morgan fingerprint density at radius 2 is 1.52 bits per heavy atom. The summed E-state index contributed by atoms with van der Waals surface area (Å²) in [5.74, 6) is -1.84. The number of nitrogens with one attached hydrogen (secondary N) is 1. The normalized spacial score (nSPS) is 11.6.